The summed E-state index contributed by atoms with van der Waals surface area (Å²) >= 11 is 0. The molecule has 0 aliphatic heterocycles. The maximum atomic E-state index is 11.8. The molecule has 5 aromatic carbocycles. The minimum atomic E-state index is -4.49. The third-order valence-electron chi connectivity index (χ3n) is 6.09. The highest BCUT2D eigenvalue weighted by molar-refractivity contribution is 7.86. The third-order valence-corrected chi connectivity index (χ3v) is 7.79. The highest BCUT2D eigenvalue weighted by Gasteiger charge is 2.14. The number of benzene rings is 5. The van der Waals surface area contributed by atoms with Crippen molar-refractivity contribution >= 4 is 70.2 Å². The maximum Gasteiger partial charge on any atom is 0.294 e. The van der Waals surface area contributed by atoms with Gasteiger partial charge in [-0.1, -0.05) is 18.2 Å². The molecule has 40 heavy (non-hydrogen) atoms. The number of nitrogen functional groups attached to an aromatic ring is 1. The molecule has 0 atom stereocenters. The van der Waals surface area contributed by atoms with Crippen LogP contribution >= 0.6 is 0 Å². The molecule has 0 fully saturated rings. The zero-order valence-corrected chi connectivity index (χ0v) is 22.4. The second-order valence-electron chi connectivity index (χ2n) is 8.90. The van der Waals surface area contributed by atoms with Gasteiger partial charge in [-0.2, -0.15) is 27.1 Å². The van der Waals surface area contributed by atoms with Gasteiger partial charge < -0.3 is 5.73 Å². The largest absolute Gasteiger partial charge is 0.399 e. The molecule has 0 saturated carbocycles. The predicted octanol–water partition coefficient (Wildman–Crippen LogP) is 7.21. The van der Waals surface area contributed by atoms with Crippen LogP contribution in [0.4, 0.5) is 28.4 Å². The van der Waals surface area contributed by atoms with Crippen LogP contribution in [0.15, 0.2) is 115 Å². The molecular formula is C27H21N5O6S2. The van der Waals surface area contributed by atoms with E-state index in [4.69, 9.17) is 5.73 Å². The fourth-order valence-electron chi connectivity index (χ4n) is 4.07. The number of nitrogens with zero attached hydrogens (tertiary/aromatic N) is 4. The summed E-state index contributed by atoms with van der Waals surface area (Å²) in [5, 5.41) is 19.3. The monoisotopic (exact) mass is 575 g/mol. The Morgan fingerprint density at radius 1 is 0.575 bits per heavy atom. The predicted molar refractivity (Wildman–Crippen MR) is 151 cm³/mol. The number of rotatable bonds is 6. The van der Waals surface area contributed by atoms with Crippen LogP contribution in [0.2, 0.25) is 0 Å². The van der Waals surface area contributed by atoms with Gasteiger partial charge in [-0.15, -0.1) is 10.2 Å². The van der Waals surface area contributed by atoms with Gasteiger partial charge in [0, 0.05) is 16.5 Å². The molecular weight excluding hydrogens is 554 g/mol. The first-order valence-electron chi connectivity index (χ1n) is 11.6. The number of aryl methyl sites for hydroxylation is 1. The molecule has 0 saturated heterocycles. The fourth-order valence-corrected chi connectivity index (χ4v) is 5.10. The van der Waals surface area contributed by atoms with Gasteiger partial charge in [0.15, 0.2) is 0 Å². The molecule has 202 valence electrons. The van der Waals surface area contributed by atoms with Crippen LogP contribution < -0.4 is 5.73 Å². The van der Waals surface area contributed by atoms with Crippen LogP contribution in [0.25, 0.3) is 21.5 Å². The lowest BCUT2D eigenvalue weighted by molar-refractivity contribution is 0.481. The molecule has 0 spiro atoms. The van der Waals surface area contributed by atoms with Gasteiger partial charge in [-0.05, 0) is 90.0 Å². The highest BCUT2D eigenvalue weighted by atomic mass is 32.2. The average molecular weight is 576 g/mol. The molecule has 0 bridgehead atoms. The van der Waals surface area contributed by atoms with Crippen molar-refractivity contribution in [3.8, 4) is 0 Å². The van der Waals surface area contributed by atoms with Crippen molar-refractivity contribution < 1.29 is 25.9 Å². The van der Waals surface area contributed by atoms with E-state index in [-0.39, 0.29) is 9.79 Å². The van der Waals surface area contributed by atoms with Crippen LogP contribution in [0, 0.1) is 6.92 Å². The Morgan fingerprint density at radius 2 is 1.12 bits per heavy atom. The molecule has 5 rings (SSSR count). The zero-order chi connectivity index (χ0) is 28.7. The summed E-state index contributed by atoms with van der Waals surface area (Å²) in [4.78, 5) is -0.542. The molecule has 4 N–H and O–H groups in total. The smallest absolute Gasteiger partial charge is 0.294 e. The van der Waals surface area contributed by atoms with Crippen LogP contribution in [-0.4, -0.2) is 25.9 Å². The quantitative estimate of drug-likeness (QED) is 0.108. The minimum Gasteiger partial charge on any atom is -0.399 e. The van der Waals surface area contributed by atoms with E-state index in [0.29, 0.717) is 50.0 Å². The number of anilines is 1. The van der Waals surface area contributed by atoms with Gasteiger partial charge in [-0.3, -0.25) is 9.11 Å². The molecule has 0 amide bonds. The summed E-state index contributed by atoms with van der Waals surface area (Å²) < 4.78 is 65.4. The summed E-state index contributed by atoms with van der Waals surface area (Å²) in [6, 6.07) is 21.6. The van der Waals surface area contributed by atoms with Crippen molar-refractivity contribution in [3.05, 3.63) is 90.5 Å². The Labute approximate surface area is 229 Å². The topological polar surface area (TPSA) is 184 Å². The Balaban J connectivity index is 1.56. The lowest BCUT2D eigenvalue weighted by Gasteiger charge is -2.07. The van der Waals surface area contributed by atoms with Gasteiger partial charge in [0.2, 0.25) is 0 Å². The van der Waals surface area contributed by atoms with E-state index in [0.717, 1.165) is 5.56 Å². The van der Waals surface area contributed by atoms with Crippen LogP contribution in [0.5, 0.6) is 0 Å². The minimum absolute atomic E-state index is 0.223. The molecule has 0 unspecified atom stereocenters. The zero-order valence-electron chi connectivity index (χ0n) is 20.8. The Bertz CT molecular complexity index is 2090. The van der Waals surface area contributed by atoms with Gasteiger partial charge in [-0.25, -0.2) is 0 Å². The van der Waals surface area contributed by atoms with Gasteiger partial charge in [0.25, 0.3) is 20.2 Å². The summed E-state index contributed by atoms with van der Waals surface area (Å²) in [6.07, 6.45) is 0. The summed E-state index contributed by atoms with van der Waals surface area (Å²) in [5.74, 6) is 0. The Hall–Kier alpha value is -4.56. The Morgan fingerprint density at radius 3 is 1.82 bits per heavy atom. The van der Waals surface area contributed by atoms with Crippen molar-refractivity contribution in [2.24, 2.45) is 20.5 Å². The molecule has 0 heterocycles. The summed E-state index contributed by atoms with van der Waals surface area (Å²) in [7, 11) is -8.83. The van der Waals surface area contributed by atoms with E-state index in [2.05, 4.69) is 20.5 Å². The van der Waals surface area contributed by atoms with E-state index < -0.39 is 20.2 Å². The van der Waals surface area contributed by atoms with Gasteiger partial charge in [0.1, 0.15) is 0 Å². The lowest BCUT2D eigenvalue weighted by Crippen LogP contribution is -1.97. The first-order valence-corrected chi connectivity index (χ1v) is 14.5. The third kappa shape index (κ3) is 5.72. The van der Waals surface area contributed by atoms with E-state index in [1.165, 1.54) is 36.4 Å². The number of fused-ring (bicyclic) bond motifs is 2. The normalized spacial score (nSPS) is 12.7. The van der Waals surface area contributed by atoms with Crippen LogP contribution in [0.3, 0.4) is 0 Å². The second-order valence-corrected chi connectivity index (χ2v) is 11.7. The van der Waals surface area contributed by atoms with E-state index >= 15 is 0 Å². The van der Waals surface area contributed by atoms with E-state index in [1.807, 2.05) is 6.92 Å². The molecule has 0 radical (unpaired) electrons. The van der Waals surface area contributed by atoms with Crippen molar-refractivity contribution in [3.63, 3.8) is 0 Å². The first kappa shape index (κ1) is 27.0. The average Bonchev–Trinajstić information content (AvgIpc) is 2.90. The second kappa shape index (κ2) is 10.2. The molecule has 5 aromatic rings. The molecule has 13 heteroatoms. The van der Waals surface area contributed by atoms with Crippen LogP contribution in [-0.2, 0) is 20.2 Å². The summed E-state index contributed by atoms with van der Waals surface area (Å²) in [5.41, 5.74) is 9.03. The van der Waals surface area contributed by atoms with Crippen molar-refractivity contribution in [2.75, 3.05) is 5.73 Å². The van der Waals surface area contributed by atoms with Crippen LogP contribution in [0.1, 0.15) is 5.56 Å². The highest BCUT2D eigenvalue weighted by Crippen LogP contribution is 2.37. The van der Waals surface area contributed by atoms with Crippen molar-refractivity contribution in [1.82, 2.24) is 0 Å². The number of azo groups is 2. The number of hydrogen-bond donors (Lipinski definition) is 3. The van der Waals surface area contributed by atoms with Crippen molar-refractivity contribution in [2.45, 2.75) is 16.7 Å². The van der Waals surface area contributed by atoms with Gasteiger partial charge >= 0.3 is 0 Å². The van der Waals surface area contributed by atoms with E-state index in [9.17, 15) is 25.9 Å². The fraction of sp³-hybridized carbons (Fsp3) is 0.0370. The first-order chi connectivity index (χ1) is 18.9. The summed E-state index contributed by atoms with van der Waals surface area (Å²) in [6.45, 7) is 1.85. The molecule has 0 aliphatic rings. The lowest BCUT2D eigenvalue weighted by atomic mass is 10.1. The standard InChI is InChI=1S/C27H21N5O6S2/c1-16-12-19(28)4-9-25(16)30-32-26-10-11-27(24-15-22(40(36,37)38)7-8-23(24)26)31-29-20-5-2-18-14-21(39(33,34)35)6-3-17(18)13-20/h2-15H,28H2,1H3,(H,33,34,35)(H,36,37,38). The number of hydrogen-bond acceptors (Lipinski definition) is 9. The SMILES string of the molecule is Cc1cc(N)ccc1N=Nc1ccc(N=Nc2ccc3cc(S(=O)(=O)O)ccc3c2)c2cc(S(=O)(=O)O)ccc12. The van der Waals surface area contributed by atoms with Gasteiger partial charge in [0.05, 0.1) is 32.5 Å². The molecule has 11 nitrogen and oxygen atoms in total. The van der Waals surface area contributed by atoms with Crippen molar-refractivity contribution in [1.29, 1.82) is 0 Å². The Kier molecular flexibility index (Phi) is 6.89. The van der Waals surface area contributed by atoms with E-state index in [1.54, 1.807) is 48.5 Å². The number of nitrogens with two attached hydrogens (primary N) is 1. The molecule has 0 aliphatic carbocycles. The maximum absolute atomic E-state index is 11.8. The molecule has 0 aromatic heterocycles.